The van der Waals surface area contributed by atoms with Crippen LogP contribution >= 0.6 is 0 Å². The van der Waals surface area contributed by atoms with Crippen LogP contribution in [0.25, 0.3) is 6.08 Å². The third-order valence-corrected chi connectivity index (χ3v) is 2.65. The first-order chi connectivity index (χ1) is 8.86. The van der Waals surface area contributed by atoms with Crippen LogP contribution in [-0.2, 0) is 6.54 Å². The van der Waals surface area contributed by atoms with Crippen LogP contribution in [0.2, 0.25) is 0 Å². The second-order valence-corrected chi connectivity index (χ2v) is 4.04. The van der Waals surface area contributed by atoms with Crippen molar-refractivity contribution in [3.63, 3.8) is 0 Å². The van der Waals surface area contributed by atoms with Crippen LogP contribution in [0.3, 0.4) is 0 Å². The molecule has 0 saturated heterocycles. The van der Waals surface area contributed by atoms with Crippen LogP contribution < -0.4 is 5.32 Å². The summed E-state index contributed by atoms with van der Waals surface area (Å²) in [6.07, 6.45) is 4.09. The molecule has 1 N–H and O–H groups in total. The summed E-state index contributed by atoms with van der Waals surface area (Å²) >= 11 is 0. The van der Waals surface area contributed by atoms with E-state index in [0.717, 1.165) is 6.54 Å². The number of hydrogen-bond donors (Lipinski definition) is 1. The van der Waals surface area contributed by atoms with Gasteiger partial charge in [-0.15, -0.1) is 0 Å². The topological polar surface area (TPSA) is 12.0 Å². The van der Waals surface area contributed by atoms with Crippen molar-refractivity contribution in [2.24, 2.45) is 0 Å². The maximum absolute atomic E-state index is 13.3. The molecule has 0 spiro atoms. The lowest BCUT2D eigenvalue weighted by atomic mass is 10.2. The average molecular weight is 241 g/mol. The van der Waals surface area contributed by atoms with Crippen molar-refractivity contribution < 1.29 is 4.39 Å². The van der Waals surface area contributed by atoms with Gasteiger partial charge in [0.1, 0.15) is 5.82 Å². The minimum absolute atomic E-state index is 0.156. The summed E-state index contributed by atoms with van der Waals surface area (Å²) < 4.78 is 13.3. The molecule has 0 saturated carbocycles. The van der Waals surface area contributed by atoms with E-state index in [-0.39, 0.29) is 5.82 Å². The summed E-state index contributed by atoms with van der Waals surface area (Å²) in [7, 11) is 0. The smallest absolute Gasteiger partial charge is 0.127 e. The lowest BCUT2D eigenvalue weighted by Crippen LogP contribution is -2.13. The van der Waals surface area contributed by atoms with Gasteiger partial charge in [0.15, 0.2) is 0 Å². The molecular weight excluding hydrogens is 225 g/mol. The highest BCUT2D eigenvalue weighted by Gasteiger charge is 1.97. The Morgan fingerprint density at radius 3 is 2.44 bits per heavy atom. The summed E-state index contributed by atoms with van der Waals surface area (Å²) in [4.78, 5) is 0. The quantitative estimate of drug-likeness (QED) is 0.788. The molecule has 0 heterocycles. The second kappa shape index (κ2) is 6.72. The zero-order valence-electron chi connectivity index (χ0n) is 10.1. The Morgan fingerprint density at radius 2 is 1.67 bits per heavy atom. The Bertz CT molecular complexity index is 506. The van der Waals surface area contributed by atoms with Gasteiger partial charge in [-0.2, -0.15) is 0 Å². The molecule has 0 atom stereocenters. The third kappa shape index (κ3) is 3.82. The summed E-state index contributed by atoms with van der Waals surface area (Å²) in [6, 6.07) is 16.9. The first-order valence-electron chi connectivity index (χ1n) is 6.02. The summed E-state index contributed by atoms with van der Waals surface area (Å²) in [6.45, 7) is 1.27. The Kier molecular flexibility index (Phi) is 4.68. The van der Waals surface area contributed by atoms with Gasteiger partial charge in [0.05, 0.1) is 0 Å². The molecule has 1 nitrogen and oxygen atoms in total. The molecular formula is C16H16FN. The minimum Gasteiger partial charge on any atom is -0.309 e. The van der Waals surface area contributed by atoms with Gasteiger partial charge in [-0.1, -0.05) is 60.7 Å². The zero-order valence-corrected chi connectivity index (χ0v) is 10.1. The molecule has 0 radical (unpaired) electrons. The highest BCUT2D eigenvalue weighted by atomic mass is 19.1. The predicted octanol–water partition coefficient (Wildman–Crippen LogP) is 3.63. The van der Waals surface area contributed by atoms with E-state index in [1.54, 1.807) is 12.1 Å². The fourth-order valence-corrected chi connectivity index (χ4v) is 1.69. The maximum Gasteiger partial charge on any atom is 0.127 e. The number of nitrogens with one attached hydrogen (secondary N) is 1. The van der Waals surface area contributed by atoms with Crippen molar-refractivity contribution >= 4 is 6.08 Å². The predicted molar refractivity (Wildman–Crippen MR) is 73.6 cm³/mol. The lowest BCUT2D eigenvalue weighted by Gasteiger charge is -2.03. The molecule has 0 unspecified atom stereocenters. The highest BCUT2D eigenvalue weighted by molar-refractivity contribution is 5.48. The second-order valence-electron chi connectivity index (χ2n) is 4.04. The zero-order chi connectivity index (χ0) is 12.6. The van der Waals surface area contributed by atoms with Crippen LogP contribution in [0.15, 0.2) is 60.7 Å². The molecule has 2 rings (SSSR count). The standard InChI is InChI=1S/C16H16FN/c17-16-11-5-4-10-15(16)13-18-12-6-9-14-7-2-1-3-8-14/h1-11,18H,12-13H2. The molecule has 2 aromatic rings. The maximum atomic E-state index is 13.3. The molecule has 18 heavy (non-hydrogen) atoms. The van der Waals surface area contributed by atoms with E-state index < -0.39 is 0 Å². The van der Waals surface area contributed by atoms with E-state index in [0.29, 0.717) is 12.1 Å². The Hall–Kier alpha value is -1.93. The van der Waals surface area contributed by atoms with Gasteiger partial charge < -0.3 is 5.32 Å². The molecule has 0 aromatic heterocycles. The van der Waals surface area contributed by atoms with E-state index >= 15 is 0 Å². The van der Waals surface area contributed by atoms with Gasteiger partial charge in [-0.05, 0) is 11.6 Å². The number of benzene rings is 2. The minimum atomic E-state index is -0.156. The summed E-state index contributed by atoms with van der Waals surface area (Å²) in [5, 5.41) is 3.19. The summed E-state index contributed by atoms with van der Waals surface area (Å²) in [5.74, 6) is -0.156. The molecule has 2 heteroatoms. The lowest BCUT2D eigenvalue weighted by molar-refractivity contribution is 0.597. The molecule has 0 aliphatic carbocycles. The van der Waals surface area contributed by atoms with Crippen molar-refractivity contribution in [2.75, 3.05) is 6.54 Å². The van der Waals surface area contributed by atoms with Gasteiger partial charge >= 0.3 is 0 Å². The molecule has 0 aliphatic heterocycles. The van der Waals surface area contributed by atoms with E-state index in [1.807, 2.05) is 48.6 Å². The first kappa shape index (κ1) is 12.5. The Labute approximate surface area is 107 Å². The Morgan fingerprint density at radius 1 is 0.944 bits per heavy atom. The van der Waals surface area contributed by atoms with Crippen LogP contribution in [-0.4, -0.2) is 6.54 Å². The van der Waals surface area contributed by atoms with Crippen molar-refractivity contribution in [3.8, 4) is 0 Å². The van der Waals surface area contributed by atoms with Gasteiger partial charge in [0, 0.05) is 18.7 Å². The molecule has 2 aromatic carbocycles. The van der Waals surface area contributed by atoms with Crippen LogP contribution in [0.1, 0.15) is 11.1 Å². The fraction of sp³-hybridized carbons (Fsp3) is 0.125. The SMILES string of the molecule is Fc1ccccc1CNCC=Cc1ccccc1. The molecule has 92 valence electrons. The number of hydrogen-bond acceptors (Lipinski definition) is 1. The van der Waals surface area contributed by atoms with Crippen LogP contribution in [0, 0.1) is 5.82 Å². The molecule has 0 fully saturated rings. The van der Waals surface area contributed by atoms with Crippen molar-refractivity contribution in [2.45, 2.75) is 6.54 Å². The fourth-order valence-electron chi connectivity index (χ4n) is 1.69. The van der Waals surface area contributed by atoms with Crippen molar-refractivity contribution in [1.29, 1.82) is 0 Å². The molecule has 0 amide bonds. The molecule has 0 aliphatic rings. The van der Waals surface area contributed by atoms with Gasteiger partial charge in [-0.3, -0.25) is 0 Å². The van der Waals surface area contributed by atoms with Gasteiger partial charge in [0.2, 0.25) is 0 Å². The number of halogens is 1. The van der Waals surface area contributed by atoms with Crippen LogP contribution in [0.4, 0.5) is 4.39 Å². The number of rotatable bonds is 5. The normalized spacial score (nSPS) is 10.9. The van der Waals surface area contributed by atoms with E-state index in [1.165, 1.54) is 11.6 Å². The molecule has 0 bridgehead atoms. The largest absolute Gasteiger partial charge is 0.309 e. The first-order valence-corrected chi connectivity index (χ1v) is 6.02. The van der Waals surface area contributed by atoms with Gasteiger partial charge in [0.25, 0.3) is 0 Å². The third-order valence-electron chi connectivity index (χ3n) is 2.65. The van der Waals surface area contributed by atoms with E-state index in [9.17, 15) is 4.39 Å². The van der Waals surface area contributed by atoms with Crippen molar-refractivity contribution in [1.82, 2.24) is 5.32 Å². The monoisotopic (exact) mass is 241 g/mol. The van der Waals surface area contributed by atoms with E-state index in [2.05, 4.69) is 5.32 Å². The van der Waals surface area contributed by atoms with Crippen molar-refractivity contribution in [3.05, 3.63) is 77.6 Å². The van der Waals surface area contributed by atoms with Crippen LogP contribution in [0.5, 0.6) is 0 Å². The highest BCUT2D eigenvalue weighted by Crippen LogP contribution is 2.05. The Balaban J connectivity index is 1.77. The van der Waals surface area contributed by atoms with Gasteiger partial charge in [-0.25, -0.2) is 4.39 Å². The average Bonchev–Trinajstić information content (AvgIpc) is 2.42. The summed E-state index contributed by atoms with van der Waals surface area (Å²) in [5.41, 5.74) is 1.87. The van der Waals surface area contributed by atoms with E-state index in [4.69, 9.17) is 0 Å².